The maximum Gasteiger partial charge on any atom is 0.416 e. The molecular weight excluding hydrogens is 614 g/mol. The van der Waals surface area contributed by atoms with E-state index in [0.29, 0.717) is 63.0 Å². The molecule has 0 aliphatic carbocycles. The summed E-state index contributed by atoms with van der Waals surface area (Å²) in [5, 5.41) is 2.41. The van der Waals surface area contributed by atoms with E-state index >= 15 is 0 Å². The number of rotatable bonds is 6. The number of hydrogen-bond donors (Lipinski definition) is 1. The number of anilines is 3. The number of likely N-dealkylation sites (tertiary alicyclic amines) is 1. The predicted octanol–water partition coefficient (Wildman–Crippen LogP) is 7.18. The molecule has 7 nitrogen and oxygen atoms in total. The van der Waals surface area contributed by atoms with E-state index < -0.39 is 35.0 Å². The van der Waals surface area contributed by atoms with E-state index in [1.54, 1.807) is 18.1 Å². The predicted molar refractivity (Wildman–Crippen MR) is 163 cm³/mol. The minimum absolute atomic E-state index is 0.0323. The topological polar surface area (TPSA) is 65.1 Å². The molecule has 2 amide bonds. The summed E-state index contributed by atoms with van der Waals surface area (Å²) in [5.74, 6) is -0.218. The molecule has 2 saturated heterocycles. The first-order valence-corrected chi connectivity index (χ1v) is 14.9. The van der Waals surface area contributed by atoms with Gasteiger partial charge in [0.2, 0.25) is 0 Å². The van der Waals surface area contributed by atoms with E-state index in [1.165, 1.54) is 12.1 Å². The van der Waals surface area contributed by atoms with Crippen LogP contribution in [0, 0.1) is 5.92 Å². The van der Waals surface area contributed by atoms with Crippen LogP contribution in [0.15, 0.2) is 60.7 Å². The van der Waals surface area contributed by atoms with Crippen molar-refractivity contribution in [3.05, 3.63) is 82.9 Å². The van der Waals surface area contributed by atoms with Gasteiger partial charge in [0.05, 0.1) is 29.5 Å². The van der Waals surface area contributed by atoms with Crippen LogP contribution in [0.25, 0.3) is 0 Å². The molecule has 46 heavy (non-hydrogen) atoms. The Labute approximate surface area is 262 Å². The Hall–Kier alpha value is -4.42. The number of benzene rings is 3. The lowest BCUT2D eigenvalue weighted by Crippen LogP contribution is -2.47. The third-order valence-electron chi connectivity index (χ3n) is 8.45. The highest BCUT2D eigenvalue weighted by Crippen LogP contribution is 2.37. The third-order valence-corrected chi connectivity index (χ3v) is 8.45. The van der Waals surface area contributed by atoms with Gasteiger partial charge in [-0.1, -0.05) is 19.1 Å². The van der Waals surface area contributed by atoms with Crippen molar-refractivity contribution < 1.29 is 40.7 Å². The van der Waals surface area contributed by atoms with Crippen molar-refractivity contribution in [1.29, 1.82) is 0 Å². The number of piperazine rings is 1. The van der Waals surface area contributed by atoms with E-state index in [-0.39, 0.29) is 23.2 Å². The van der Waals surface area contributed by atoms with Gasteiger partial charge in [0.1, 0.15) is 5.75 Å². The molecule has 3 aromatic rings. The van der Waals surface area contributed by atoms with E-state index in [4.69, 9.17) is 4.74 Å². The zero-order valence-electron chi connectivity index (χ0n) is 25.3. The van der Waals surface area contributed by atoms with Crippen molar-refractivity contribution >= 4 is 28.9 Å². The van der Waals surface area contributed by atoms with Crippen LogP contribution in [-0.2, 0) is 12.4 Å². The van der Waals surface area contributed by atoms with Crippen molar-refractivity contribution in [2.24, 2.45) is 5.92 Å². The minimum atomic E-state index is -5.10. The molecule has 0 aromatic heterocycles. The lowest BCUT2D eigenvalue weighted by atomic mass is 9.98. The fourth-order valence-electron chi connectivity index (χ4n) is 5.81. The number of para-hydroxylation sites is 2. The Bertz CT molecular complexity index is 1540. The number of amides is 2. The number of methoxy groups -OCH3 is 1. The average molecular weight is 649 g/mol. The highest BCUT2D eigenvalue weighted by molar-refractivity contribution is 6.06. The van der Waals surface area contributed by atoms with Gasteiger partial charge in [-0.15, -0.1) is 0 Å². The number of hydrogen-bond acceptors (Lipinski definition) is 5. The first kappa shape index (κ1) is 33.0. The van der Waals surface area contributed by atoms with Crippen LogP contribution in [0.2, 0.25) is 0 Å². The van der Waals surface area contributed by atoms with Crippen molar-refractivity contribution in [2.45, 2.75) is 32.1 Å². The summed E-state index contributed by atoms with van der Waals surface area (Å²) in [6.45, 7) is 5.58. The summed E-state index contributed by atoms with van der Waals surface area (Å²) in [4.78, 5) is 32.9. The third kappa shape index (κ3) is 7.34. The molecular formula is C33H34F6N4O3. The molecule has 5 rings (SSSR count). The number of halogens is 6. The molecule has 1 N–H and O–H groups in total. The summed E-state index contributed by atoms with van der Waals surface area (Å²) in [6, 6.07) is 13.0. The lowest BCUT2D eigenvalue weighted by molar-refractivity contribution is -0.143. The fraction of sp³-hybridized carbons (Fsp3) is 0.394. The quantitative estimate of drug-likeness (QED) is 0.287. The van der Waals surface area contributed by atoms with Crippen molar-refractivity contribution in [3.63, 3.8) is 0 Å². The molecule has 2 aliphatic heterocycles. The van der Waals surface area contributed by atoms with Crippen LogP contribution in [0.3, 0.4) is 0 Å². The van der Waals surface area contributed by atoms with Crippen LogP contribution in [0.4, 0.5) is 43.4 Å². The summed E-state index contributed by atoms with van der Waals surface area (Å²) >= 11 is 0. The number of nitrogens with one attached hydrogen (secondary N) is 1. The van der Waals surface area contributed by atoms with E-state index in [9.17, 15) is 35.9 Å². The summed E-state index contributed by atoms with van der Waals surface area (Å²) in [6.07, 6.45) is -8.55. The lowest BCUT2D eigenvalue weighted by Gasteiger charge is -2.39. The molecule has 0 saturated carbocycles. The molecule has 13 heteroatoms. The van der Waals surface area contributed by atoms with Gasteiger partial charge in [0.25, 0.3) is 11.8 Å². The molecule has 0 unspecified atom stereocenters. The number of ether oxygens (including phenoxy) is 1. The van der Waals surface area contributed by atoms with E-state index in [2.05, 4.69) is 22.0 Å². The highest BCUT2D eigenvalue weighted by Gasteiger charge is 2.37. The van der Waals surface area contributed by atoms with E-state index in [1.807, 2.05) is 24.3 Å². The molecule has 2 fully saturated rings. The van der Waals surface area contributed by atoms with Gasteiger partial charge in [-0.2, -0.15) is 26.3 Å². The molecule has 0 atom stereocenters. The zero-order chi connectivity index (χ0) is 33.2. The van der Waals surface area contributed by atoms with Crippen molar-refractivity contribution in [1.82, 2.24) is 4.90 Å². The molecule has 2 aliphatic rings. The SMILES string of the molecule is COc1ccccc1N1CCN(c2ccc(NC(=O)c3cc(C(F)(F)F)cc(C(F)(F)F)c3)cc2C(=O)N2CCC(C)CC2)CC1. The average Bonchev–Trinajstić information content (AvgIpc) is 3.04. The van der Waals surface area contributed by atoms with Gasteiger partial charge in [-0.25, -0.2) is 0 Å². The van der Waals surface area contributed by atoms with Gasteiger partial charge in [-0.05, 0) is 67.3 Å². The first-order chi connectivity index (χ1) is 21.7. The highest BCUT2D eigenvalue weighted by atomic mass is 19.4. The molecule has 0 spiro atoms. The Morgan fingerprint density at radius 1 is 0.761 bits per heavy atom. The number of piperidine rings is 1. The van der Waals surface area contributed by atoms with E-state index in [0.717, 1.165) is 24.3 Å². The molecule has 3 aromatic carbocycles. The number of carbonyl (C=O) groups is 2. The van der Waals surface area contributed by atoms with Gasteiger partial charge in [0, 0.05) is 56.2 Å². The van der Waals surface area contributed by atoms with Gasteiger partial charge in [-0.3, -0.25) is 9.59 Å². The maximum absolute atomic E-state index is 13.9. The standard InChI is InChI=1S/C33H34F6N4O3/c1-21-9-11-43(12-10-21)31(45)26-20-25(40-30(44)22-17-23(32(34,35)36)19-24(18-22)33(37,38)39)7-8-27(26)41-13-15-42(16-14-41)28-5-3-4-6-29(28)46-2/h3-8,17-21H,9-16H2,1-2H3,(H,40,44). The molecule has 2 heterocycles. The van der Waals surface area contributed by atoms with Gasteiger partial charge >= 0.3 is 12.4 Å². The Balaban J connectivity index is 1.43. The second kappa shape index (κ2) is 13.1. The van der Waals surface area contributed by atoms with Gasteiger partial charge < -0.3 is 24.8 Å². The van der Waals surface area contributed by atoms with Crippen LogP contribution in [-0.4, -0.2) is 63.1 Å². The Kier molecular flexibility index (Phi) is 9.41. The Morgan fingerprint density at radius 2 is 1.33 bits per heavy atom. The first-order valence-electron chi connectivity index (χ1n) is 14.9. The smallest absolute Gasteiger partial charge is 0.416 e. The second-order valence-electron chi connectivity index (χ2n) is 11.6. The second-order valence-corrected chi connectivity index (χ2v) is 11.6. The monoisotopic (exact) mass is 648 g/mol. The summed E-state index contributed by atoms with van der Waals surface area (Å²) in [7, 11) is 1.61. The van der Waals surface area contributed by atoms with Crippen LogP contribution < -0.4 is 19.9 Å². The number of carbonyl (C=O) groups excluding carboxylic acids is 2. The molecule has 246 valence electrons. The van der Waals surface area contributed by atoms with Crippen molar-refractivity contribution in [3.8, 4) is 5.75 Å². The maximum atomic E-state index is 13.9. The molecule has 0 bridgehead atoms. The van der Waals surface area contributed by atoms with Crippen LogP contribution in [0.1, 0.15) is 51.6 Å². The Morgan fingerprint density at radius 3 is 1.89 bits per heavy atom. The summed E-state index contributed by atoms with van der Waals surface area (Å²) < 4.78 is 85.9. The minimum Gasteiger partial charge on any atom is -0.495 e. The largest absolute Gasteiger partial charge is 0.495 e. The summed E-state index contributed by atoms with van der Waals surface area (Å²) in [5.41, 5.74) is -2.06. The molecule has 0 radical (unpaired) electrons. The van der Waals surface area contributed by atoms with Crippen LogP contribution in [0.5, 0.6) is 5.75 Å². The number of alkyl halides is 6. The van der Waals surface area contributed by atoms with Crippen LogP contribution >= 0.6 is 0 Å². The fourth-order valence-corrected chi connectivity index (χ4v) is 5.81. The zero-order valence-corrected chi connectivity index (χ0v) is 25.3. The normalized spacial score (nSPS) is 16.4. The number of nitrogens with zero attached hydrogens (tertiary/aromatic N) is 3. The van der Waals surface area contributed by atoms with Crippen molar-refractivity contribution in [2.75, 3.05) is 61.5 Å². The van der Waals surface area contributed by atoms with Gasteiger partial charge in [0.15, 0.2) is 0 Å².